The van der Waals surface area contributed by atoms with Crippen molar-refractivity contribution in [3.63, 3.8) is 0 Å². The van der Waals surface area contributed by atoms with E-state index < -0.39 is 0 Å². The fourth-order valence-corrected chi connectivity index (χ4v) is 2.96. The number of fused-ring (bicyclic) bond motifs is 1. The summed E-state index contributed by atoms with van der Waals surface area (Å²) in [5.41, 5.74) is 3.40. The molecule has 0 fully saturated rings. The van der Waals surface area contributed by atoms with Crippen LogP contribution in [0.25, 0.3) is 11.0 Å². The summed E-state index contributed by atoms with van der Waals surface area (Å²) in [5.74, 6) is 0.740. The standard InChI is InChI=1S/C20H23N3O2/c1-25-15-20(24)21-14-19-22-17-11-5-6-12-18(17)23(19)13-7-10-16-8-3-2-4-9-16/h2-6,8-9,11-12H,7,10,13-15H2,1H3,(H,21,24). The average Bonchev–Trinajstić information content (AvgIpc) is 2.99. The molecule has 0 saturated heterocycles. The minimum atomic E-state index is -0.134. The van der Waals surface area contributed by atoms with E-state index in [0.717, 1.165) is 36.2 Å². The lowest BCUT2D eigenvalue weighted by atomic mass is 10.1. The van der Waals surface area contributed by atoms with E-state index in [2.05, 4.69) is 45.2 Å². The van der Waals surface area contributed by atoms with E-state index in [1.54, 1.807) is 0 Å². The van der Waals surface area contributed by atoms with E-state index in [4.69, 9.17) is 4.74 Å². The molecule has 0 unspecified atom stereocenters. The molecular formula is C20H23N3O2. The van der Waals surface area contributed by atoms with Gasteiger partial charge in [0.1, 0.15) is 12.4 Å². The van der Waals surface area contributed by atoms with E-state index >= 15 is 0 Å². The minimum absolute atomic E-state index is 0.0637. The molecule has 1 N–H and O–H groups in total. The molecule has 3 rings (SSSR count). The number of hydrogen-bond donors (Lipinski definition) is 1. The van der Waals surface area contributed by atoms with Gasteiger partial charge in [0.25, 0.3) is 0 Å². The number of ether oxygens (including phenoxy) is 1. The lowest BCUT2D eigenvalue weighted by Crippen LogP contribution is -2.28. The number of rotatable bonds is 8. The van der Waals surface area contributed by atoms with Crippen molar-refractivity contribution >= 4 is 16.9 Å². The number of hydrogen-bond acceptors (Lipinski definition) is 3. The molecule has 0 aliphatic heterocycles. The Morgan fingerprint density at radius 3 is 2.68 bits per heavy atom. The van der Waals surface area contributed by atoms with Crippen molar-refractivity contribution in [3.05, 3.63) is 66.0 Å². The van der Waals surface area contributed by atoms with E-state index in [-0.39, 0.29) is 12.5 Å². The third-order valence-electron chi connectivity index (χ3n) is 4.14. The zero-order valence-corrected chi connectivity index (χ0v) is 14.4. The second kappa shape index (κ2) is 8.44. The number of amides is 1. The van der Waals surface area contributed by atoms with E-state index in [9.17, 15) is 4.79 Å². The van der Waals surface area contributed by atoms with Gasteiger partial charge in [0, 0.05) is 13.7 Å². The molecule has 1 heterocycles. The van der Waals surface area contributed by atoms with Crippen molar-refractivity contribution in [2.45, 2.75) is 25.9 Å². The van der Waals surface area contributed by atoms with E-state index in [0.29, 0.717) is 6.54 Å². The quantitative estimate of drug-likeness (QED) is 0.687. The van der Waals surface area contributed by atoms with Crippen molar-refractivity contribution in [2.75, 3.05) is 13.7 Å². The Labute approximate surface area is 147 Å². The number of carbonyl (C=O) groups is 1. The molecule has 2 aromatic carbocycles. The molecule has 25 heavy (non-hydrogen) atoms. The second-order valence-corrected chi connectivity index (χ2v) is 5.97. The van der Waals surface area contributed by atoms with Gasteiger partial charge in [0.15, 0.2) is 0 Å². The van der Waals surface area contributed by atoms with Crippen molar-refractivity contribution < 1.29 is 9.53 Å². The molecule has 0 aliphatic carbocycles. The molecule has 0 saturated carbocycles. The lowest BCUT2D eigenvalue weighted by Gasteiger charge is -2.10. The Kier molecular flexibility index (Phi) is 5.80. The van der Waals surface area contributed by atoms with E-state index in [1.165, 1.54) is 12.7 Å². The van der Waals surface area contributed by atoms with Gasteiger partial charge in [0.2, 0.25) is 5.91 Å². The first-order chi connectivity index (χ1) is 12.3. The summed E-state index contributed by atoms with van der Waals surface area (Å²) in [4.78, 5) is 16.3. The molecular weight excluding hydrogens is 314 g/mol. The van der Waals surface area contributed by atoms with Crippen LogP contribution in [-0.4, -0.2) is 29.2 Å². The van der Waals surface area contributed by atoms with Crippen molar-refractivity contribution in [1.29, 1.82) is 0 Å². The number of carbonyl (C=O) groups excluding carboxylic acids is 1. The summed E-state index contributed by atoms with van der Waals surface area (Å²) in [6.45, 7) is 1.33. The number of nitrogens with zero attached hydrogens (tertiary/aromatic N) is 2. The maximum atomic E-state index is 11.7. The number of aromatic nitrogens is 2. The first kappa shape index (κ1) is 17.2. The van der Waals surface area contributed by atoms with Crippen LogP contribution in [0.1, 0.15) is 17.8 Å². The minimum Gasteiger partial charge on any atom is -0.375 e. The van der Waals surface area contributed by atoms with Crippen LogP contribution in [0.5, 0.6) is 0 Å². The predicted octanol–water partition coefficient (Wildman–Crippen LogP) is 2.93. The molecule has 3 aromatic rings. The summed E-state index contributed by atoms with van der Waals surface area (Å²) in [5, 5.41) is 2.86. The summed E-state index contributed by atoms with van der Waals surface area (Å²) >= 11 is 0. The van der Waals surface area contributed by atoms with Crippen molar-refractivity contribution in [1.82, 2.24) is 14.9 Å². The Bertz CT molecular complexity index is 827. The summed E-state index contributed by atoms with van der Waals surface area (Å²) in [6.07, 6.45) is 2.03. The Balaban J connectivity index is 1.72. The molecule has 1 aromatic heterocycles. The molecule has 5 nitrogen and oxygen atoms in total. The first-order valence-corrected chi connectivity index (χ1v) is 8.51. The third kappa shape index (κ3) is 4.45. The summed E-state index contributed by atoms with van der Waals surface area (Å²) in [6, 6.07) is 18.6. The van der Waals surface area contributed by atoms with Crippen LogP contribution in [0.2, 0.25) is 0 Å². The molecule has 130 valence electrons. The topological polar surface area (TPSA) is 56.1 Å². The van der Waals surface area contributed by atoms with Gasteiger partial charge in [0.05, 0.1) is 17.6 Å². The SMILES string of the molecule is COCC(=O)NCc1nc2ccccc2n1CCCc1ccccc1. The number of imidazole rings is 1. The smallest absolute Gasteiger partial charge is 0.246 e. The monoisotopic (exact) mass is 337 g/mol. The number of benzene rings is 2. The Morgan fingerprint density at radius 2 is 1.88 bits per heavy atom. The maximum absolute atomic E-state index is 11.7. The molecule has 0 spiro atoms. The van der Waals surface area contributed by atoms with Gasteiger partial charge in [-0.3, -0.25) is 4.79 Å². The molecule has 0 radical (unpaired) electrons. The normalized spacial score (nSPS) is 10.9. The molecule has 0 aliphatic rings. The van der Waals surface area contributed by atoms with Crippen molar-refractivity contribution in [3.8, 4) is 0 Å². The van der Waals surface area contributed by atoms with Gasteiger partial charge in [-0.25, -0.2) is 4.98 Å². The van der Waals surface area contributed by atoms with Crippen LogP contribution < -0.4 is 5.32 Å². The maximum Gasteiger partial charge on any atom is 0.246 e. The summed E-state index contributed by atoms with van der Waals surface area (Å²) < 4.78 is 7.06. The van der Waals surface area contributed by atoms with Gasteiger partial charge in [-0.1, -0.05) is 42.5 Å². The van der Waals surface area contributed by atoms with Crippen molar-refractivity contribution in [2.24, 2.45) is 0 Å². The number of nitrogens with one attached hydrogen (secondary N) is 1. The number of aryl methyl sites for hydroxylation is 2. The van der Waals surface area contributed by atoms with E-state index in [1.807, 2.05) is 24.3 Å². The molecule has 0 atom stereocenters. The fourth-order valence-electron chi connectivity index (χ4n) is 2.96. The number of para-hydroxylation sites is 2. The molecule has 1 amide bonds. The zero-order chi connectivity index (χ0) is 17.5. The van der Waals surface area contributed by atoms with Crippen LogP contribution >= 0.6 is 0 Å². The van der Waals surface area contributed by atoms with Gasteiger partial charge in [-0.05, 0) is 30.5 Å². The highest BCUT2D eigenvalue weighted by Gasteiger charge is 2.11. The largest absolute Gasteiger partial charge is 0.375 e. The highest BCUT2D eigenvalue weighted by molar-refractivity contribution is 5.78. The van der Waals surface area contributed by atoms with Crippen LogP contribution in [0, 0.1) is 0 Å². The molecule has 0 bridgehead atoms. The first-order valence-electron chi connectivity index (χ1n) is 8.51. The van der Waals surface area contributed by atoms with Gasteiger partial charge < -0.3 is 14.6 Å². The lowest BCUT2D eigenvalue weighted by molar-refractivity contribution is -0.124. The second-order valence-electron chi connectivity index (χ2n) is 5.97. The average molecular weight is 337 g/mol. The molecule has 5 heteroatoms. The fraction of sp³-hybridized carbons (Fsp3) is 0.300. The number of methoxy groups -OCH3 is 1. The summed E-state index contributed by atoms with van der Waals surface area (Å²) in [7, 11) is 1.51. The highest BCUT2D eigenvalue weighted by Crippen LogP contribution is 2.17. The van der Waals surface area contributed by atoms with Crippen LogP contribution in [0.15, 0.2) is 54.6 Å². The Hall–Kier alpha value is -2.66. The van der Waals surface area contributed by atoms with Crippen LogP contribution in [0.3, 0.4) is 0 Å². The van der Waals surface area contributed by atoms with Gasteiger partial charge >= 0.3 is 0 Å². The predicted molar refractivity (Wildman–Crippen MR) is 98.2 cm³/mol. The van der Waals surface area contributed by atoms with Crippen LogP contribution in [0.4, 0.5) is 0 Å². The third-order valence-corrected chi connectivity index (χ3v) is 4.14. The van der Waals surface area contributed by atoms with Gasteiger partial charge in [-0.15, -0.1) is 0 Å². The van der Waals surface area contributed by atoms with Crippen LogP contribution in [-0.2, 0) is 29.0 Å². The Morgan fingerprint density at radius 1 is 1.12 bits per heavy atom. The zero-order valence-electron chi connectivity index (χ0n) is 14.4. The highest BCUT2D eigenvalue weighted by atomic mass is 16.5. The van der Waals surface area contributed by atoms with Gasteiger partial charge in [-0.2, -0.15) is 0 Å².